The number of hydrogen-bond donors (Lipinski definition) is 1. The molecule has 0 spiro atoms. The summed E-state index contributed by atoms with van der Waals surface area (Å²) >= 11 is 2.51. The van der Waals surface area contributed by atoms with E-state index in [2.05, 4.69) is 9.46 Å². The molecule has 0 aliphatic heterocycles. The summed E-state index contributed by atoms with van der Waals surface area (Å²) in [5.74, 6) is -0.649. The fraction of sp³-hybridized carbons (Fsp3) is 0.250. The van der Waals surface area contributed by atoms with Crippen LogP contribution >= 0.6 is 22.7 Å². The third-order valence-electron chi connectivity index (χ3n) is 2.59. The summed E-state index contributed by atoms with van der Waals surface area (Å²) in [6, 6.07) is 4.76. The minimum absolute atomic E-state index is 0.0437. The zero-order chi connectivity index (χ0) is 14.8. The van der Waals surface area contributed by atoms with E-state index in [1.807, 2.05) is 17.5 Å². The average molecular weight is 331 g/mol. The Morgan fingerprint density at radius 2 is 2.05 bits per heavy atom. The number of sulfonamides is 1. The molecule has 1 atom stereocenters. The lowest BCUT2D eigenvalue weighted by Crippen LogP contribution is -2.27. The second-order valence-corrected chi connectivity index (χ2v) is 7.54. The molecule has 2 rings (SSSR count). The van der Waals surface area contributed by atoms with Crippen LogP contribution in [0, 0.1) is 0 Å². The van der Waals surface area contributed by atoms with Crippen LogP contribution in [-0.2, 0) is 14.8 Å². The van der Waals surface area contributed by atoms with E-state index < -0.39 is 16.0 Å². The predicted molar refractivity (Wildman–Crippen MR) is 78.7 cm³/mol. The van der Waals surface area contributed by atoms with Crippen LogP contribution in [0.1, 0.15) is 27.5 Å². The third-order valence-corrected chi connectivity index (χ3v) is 6.25. The molecule has 20 heavy (non-hydrogen) atoms. The van der Waals surface area contributed by atoms with E-state index in [-0.39, 0.29) is 15.8 Å². The number of esters is 1. The number of thiophene rings is 2. The van der Waals surface area contributed by atoms with Crippen LogP contribution in [0.5, 0.6) is 0 Å². The topological polar surface area (TPSA) is 72.5 Å². The summed E-state index contributed by atoms with van der Waals surface area (Å²) in [5, 5.41) is 3.43. The van der Waals surface area contributed by atoms with Crippen molar-refractivity contribution in [3.8, 4) is 0 Å². The molecule has 0 saturated heterocycles. The first-order valence-electron chi connectivity index (χ1n) is 5.67. The van der Waals surface area contributed by atoms with Crippen LogP contribution in [0.25, 0.3) is 0 Å². The van der Waals surface area contributed by atoms with Gasteiger partial charge in [0.15, 0.2) is 0 Å². The van der Waals surface area contributed by atoms with Gasteiger partial charge in [-0.15, -0.1) is 22.7 Å². The smallest absolute Gasteiger partial charge is 0.349 e. The van der Waals surface area contributed by atoms with Crippen molar-refractivity contribution in [3.05, 3.63) is 38.7 Å². The summed E-state index contributed by atoms with van der Waals surface area (Å²) < 4.78 is 31.8. The Morgan fingerprint density at radius 1 is 1.30 bits per heavy atom. The summed E-state index contributed by atoms with van der Waals surface area (Å²) in [5.41, 5.74) is 0. The predicted octanol–water partition coefficient (Wildman–Crippen LogP) is 2.64. The van der Waals surface area contributed by atoms with Gasteiger partial charge in [0, 0.05) is 4.88 Å². The first kappa shape index (κ1) is 15.2. The Balaban J connectivity index is 2.27. The molecule has 1 N–H and O–H groups in total. The fourth-order valence-corrected chi connectivity index (χ4v) is 5.01. The van der Waals surface area contributed by atoms with Gasteiger partial charge in [-0.25, -0.2) is 17.9 Å². The summed E-state index contributed by atoms with van der Waals surface area (Å²) in [7, 11) is -2.54. The molecule has 0 fully saturated rings. The first-order valence-corrected chi connectivity index (χ1v) is 8.91. The molecule has 0 bridgehead atoms. The van der Waals surface area contributed by atoms with E-state index in [0.717, 1.165) is 16.2 Å². The van der Waals surface area contributed by atoms with Gasteiger partial charge < -0.3 is 4.74 Å². The first-order chi connectivity index (χ1) is 9.45. The van der Waals surface area contributed by atoms with Gasteiger partial charge in [-0.05, 0) is 29.8 Å². The number of rotatable bonds is 5. The number of nitrogens with one attached hydrogen (secondary N) is 1. The van der Waals surface area contributed by atoms with Crippen LogP contribution in [0.15, 0.2) is 33.9 Å². The van der Waals surface area contributed by atoms with Crippen molar-refractivity contribution >= 4 is 38.7 Å². The second kappa shape index (κ2) is 6.04. The van der Waals surface area contributed by atoms with Gasteiger partial charge in [-0.3, -0.25) is 0 Å². The number of carbonyl (C=O) groups excluding carboxylic acids is 1. The summed E-state index contributed by atoms with van der Waals surface area (Å²) in [4.78, 5) is 12.5. The maximum atomic E-state index is 12.3. The second-order valence-electron chi connectivity index (χ2n) is 3.96. The van der Waals surface area contributed by atoms with Crippen LogP contribution in [0.2, 0.25) is 0 Å². The Kier molecular flexibility index (Phi) is 4.59. The molecular formula is C12H13NO4S3. The lowest BCUT2D eigenvalue weighted by molar-refractivity contribution is 0.0602. The molecule has 8 heteroatoms. The number of methoxy groups -OCH3 is 1. The largest absolute Gasteiger partial charge is 0.465 e. The van der Waals surface area contributed by atoms with Gasteiger partial charge in [0.1, 0.15) is 9.77 Å². The van der Waals surface area contributed by atoms with Crippen molar-refractivity contribution < 1.29 is 17.9 Å². The lowest BCUT2D eigenvalue weighted by Gasteiger charge is -2.12. The number of carbonyl (C=O) groups is 1. The van der Waals surface area contributed by atoms with E-state index in [0.29, 0.717) is 0 Å². The molecule has 2 heterocycles. The quantitative estimate of drug-likeness (QED) is 0.855. The van der Waals surface area contributed by atoms with Crippen molar-refractivity contribution in [2.75, 3.05) is 7.11 Å². The minimum atomic E-state index is -3.76. The highest BCUT2D eigenvalue weighted by molar-refractivity contribution is 7.89. The normalized spacial score (nSPS) is 13.1. The molecule has 0 aliphatic carbocycles. The van der Waals surface area contributed by atoms with Crippen molar-refractivity contribution in [1.82, 2.24) is 4.72 Å². The monoisotopic (exact) mass is 331 g/mol. The van der Waals surface area contributed by atoms with Gasteiger partial charge in [0.05, 0.1) is 13.2 Å². The zero-order valence-electron chi connectivity index (χ0n) is 10.8. The maximum absolute atomic E-state index is 12.3. The van der Waals surface area contributed by atoms with Gasteiger partial charge in [0.25, 0.3) is 0 Å². The fourth-order valence-electron chi connectivity index (χ4n) is 1.64. The molecule has 108 valence electrons. The molecule has 0 aliphatic rings. The summed E-state index contributed by atoms with van der Waals surface area (Å²) in [6.07, 6.45) is 0. The van der Waals surface area contributed by atoms with E-state index in [1.54, 1.807) is 12.3 Å². The molecule has 0 amide bonds. The molecule has 5 nitrogen and oxygen atoms in total. The van der Waals surface area contributed by atoms with Gasteiger partial charge in [-0.2, -0.15) is 0 Å². The lowest BCUT2D eigenvalue weighted by atomic mass is 10.3. The van der Waals surface area contributed by atoms with Crippen molar-refractivity contribution in [3.63, 3.8) is 0 Å². The summed E-state index contributed by atoms with van der Waals surface area (Å²) in [6.45, 7) is 1.76. The SMILES string of the molecule is COC(=O)c1sccc1S(=O)(=O)N[C@@H](C)c1cccs1. The average Bonchev–Trinajstić information content (AvgIpc) is 3.08. The Bertz CT molecular complexity index is 688. The van der Waals surface area contributed by atoms with Crippen LogP contribution < -0.4 is 4.72 Å². The molecule has 0 saturated carbocycles. The zero-order valence-corrected chi connectivity index (χ0v) is 13.3. The highest BCUT2D eigenvalue weighted by Crippen LogP contribution is 2.26. The third kappa shape index (κ3) is 3.09. The maximum Gasteiger partial charge on any atom is 0.349 e. The molecule has 2 aromatic heterocycles. The Hall–Kier alpha value is -1.22. The number of hydrogen-bond acceptors (Lipinski definition) is 6. The standard InChI is InChI=1S/C12H13NO4S3/c1-8(9-4-3-6-18-9)13-20(15,16)10-5-7-19-11(10)12(14)17-2/h3-8,13H,1-2H3/t8-/m0/s1. The molecule has 0 unspecified atom stereocenters. The van der Waals surface area contributed by atoms with E-state index in [1.165, 1.54) is 24.5 Å². The van der Waals surface area contributed by atoms with Crippen LogP contribution in [-0.4, -0.2) is 21.5 Å². The van der Waals surface area contributed by atoms with Crippen molar-refractivity contribution in [2.24, 2.45) is 0 Å². The van der Waals surface area contributed by atoms with E-state index in [4.69, 9.17) is 0 Å². The van der Waals surface area contributed by atoms with E-state index >= 15 is 0 Å². The molecule has 2 aromatic rings. The Labute approximate surface area is 125 Å². The molecule has 0 aromatic carbocycles. The molecular weight excluding hydrogens is 318 g/mol. The van der Waals surface area contributed by atoms with Crippen LogP contribution in [0.3, 0.4) is 0 Å². The Morgan fingerprint density at radius 3 is 2.65 bits per heavy atom. The van der Waals surface area contributed by atoms with Gasteiger partial charge in [0.2, 0.25) is 10.0 Å². The molecule has 0 radical (unpaired) electrons. The highest BCUT2D eigenvalue weighted by atomic mass is 32.2. The van der Waals surface area contributed by atoms with Crippen molar-refractivity contribution in [1.29, 1.82) is 0 Å². The van der Waals surface area contributed by atoms with E-state index in [9.17, 15) is 13.2 Å². The van der Waals surface area contributed by atoms with Gasteiger partial charge >= 0.3 is 5.97 Å². The minimum Gasteiger partial charge on any atom is -0.465 e. The number of ether oxygens (including phenoxy) is 1. The van der Waals surface area contributed by atoms with Crippen molar-refractivity contribution in [2.45, 2.75) is 17.9 Å². The van der Waals surface area contributed by atoms with Crippen LogP contribution in [0.4, 0.5) is 0 Å². The van der Waals surface area contributed by atoms with Gasteiger partial charge in [-0.1, -0.05) is 6.07 Å². The highest BCUT2D eigenvalue weighted by Gasteiger charge is 2.26.